The Morgan fingerprint density at radius 2 is 1.92 bits per heavy atom. The van der Waals surface area contributed by atoms with E-state index in [1.165, 1.54) is 7.11 Å². The summed E-state index contributed by atoms with van der Waals surface area (Å²) < 4.78 is 10.3. The number of carbonyl (C=O) groups excluding carboxylic acids is 2. The van der Waals surface area contributed by atoms with Gasteiger partial charge in [-0.3, -0.25) is 4.79 Å². The molecular formula is C20H30O6. The lowest BCUT2D eigenvalue weighted by Gasteiger charge is -2.50. The van der Waals surface area contributed by atoms with E-state index >= 15 is 0 Å². The van der Waals surface area contributed by atoms with Gasteiger partial charge in [-0.2, -0.15) is 0 Å². The molecule has 1 fully saturated rings. The molecule has 0 aromatic carbocycles. The van der Waals surface area contributed by atoms with Crippen molar-refractivity contribution in [2.45, 2.75) is 39.4 Å². The van der Waals surface area contributed by atoms with E-state index in [0.717, 1.165) is 0 Å². The largest absolute Gasteiger partial charge is 0.466 e. The molecule has 0 amide bonds. The zero-order valence-corrected chi connectivity index (χ0v) is 16.0. The highest BCUT2D eigenvalue weighted by atomic mass is 16.5. The highest BCUT2D eigenvalue weighted by molar-refractivity contribution is 5.88. The third-order valence-electron chi connectivity index (χ3n) is 5.16. The summed E-state index contributed by atoms with van der Waals surface area (Å²) in [6, 6.07) is 0. The number of aliphatic hydroxyl groups excluding tert-OH is 2. The van der Waals surface area contributed by atoms with Gasteiger partial charge in [-0.05, 0) is 17.4 Å². The normalized spacial score (nSPS) is 31.2. The van der Waals surface area contributed by atoms with Gasteiger partial charge in [0.25, 0.3) is 0 Å². The summed E-state index contributed by atoms with van der Waals surface area (Å²) in [5, 5.41) is 20.6. The molecular weight excluding hydrogens is 336 g/mol. The average molecular weight is 366 g/mol. The van der Waals surface area contributed by atoms with Crippen molar-refractivity contribution in [3.8, 4) is 0 Å². The van der Waals surface area contributed by atoms with Gasteiger partial charge in [0.1, 0.15) is 6.10 Å². The summed E-state index contributed by atoms with van der Waals surface area (Å²) in [4.78, 5) is 24.2. The van der Waals surface area contributed by atoms with Gasteiger partial charge < -0.3 is 19.7 Å². The monoisotopic (exact) mass is 366 g/mol. The zero-order valence-electron chi connectivity index (χ0n) is 16.0. The summed E-state index contributed by atoms with van der Waals surface area (Å²) >= 11 is 0. The van der Waals surface area contributed by atoms with Crippen LogP contribution in [0.3, 0.4) is 0 Å². The Kier molecular flexibility index (Phi) is 7.35. The molecule has 0 saturated heterocycles. The van der Waals surface area contributed by atoms with Crippen molar-refractivity contribution in [1.82, 2.24) is 0 Å². The minimum atomic E-state index is -1.15. The van der Waals surface area contributed by atoms with E-state index in [1.54, 1.807) is 19.9 Å². The van der Waals surface area contributed by atoms with E-state index < -0.39 is 41.4 Å². The van der Waals surface area contributed by atoms with Crippen LogP contribution in [0.2, 0.25) is 0 Å². The van der Waals surface area contributed by atoms with Crippen LogP contribution in [0.15, 0.2) is 37.0 Å². The topological polar surface area (TPSA) is 93.1 Å². The average Bonchev–Trinajstić information content (AvgIpc) is 2.59. The first kappa shape index (κ1) is 22.1. The van der Waals surface area contributed by atoms with Gasteiger partial charge in [0, 0.05) is 11.5 Å². The Bertz CT molecular complexity index is 593. The molecule has 1 aliphatic rings. The Hall–Kier alpha value is -1.92. The van der Waals surface area contributed by atoms with Crippen LogP contribution in [-0.2, 0) is 19.1 Å². The molecule has 0 spiro atoms. The standard InChI is InChI=1S/C20H30O6/c1-8-20(6)9-14(26-18(23)11(2)3)15(13(5)19(24)25-7)17(22)16(20)12(4)10-21/h8,11,14-17,21-22H,1,4-5,9-10H2,2-3,6-7H3. The van der Waals surface area contributed by atoms with Crippen LogP contribution < -0.4 is 0 Å². The second-order valence-electron chi connectivity index (χ2n) is 7.37. The minimum Gasteiger partial charge on any atom is -0.466 e. The molecule has 0 radical (unpaired) electrons. The van der Waals surface area contributed by atoms with Crippen molar-refractivity contribution in [2.75, 3.05) is 13.7 Å². The highest BCUT2D eigenvalue weighted by Gasteiger charge is 2.53. The minimum absolute atomic E-state index is 0.0170. The fraction of sp³-hybridized carbons (Fsp3) is 0.600. The summed E-state index contributed by atoms with van der Waals surface area (Å²) in [6.07, 6.45) is 0.0334. The number of methoxy groups -OCH3 is 1. The van der Waals surface area contributed by atoms with Crippen LogP contribution in [0.5, 0.6) is 0 Å². The maximum Gasteiger partial charge on any atom is 0.333 e. The van der Waals surface area contributed by atoms with Gasteiger partial charge in [-0.25, -0.2) is 4.79 Å². The smallest absolute Gasteiger partial charge is 0.333 e. The molecule has 2 N–H and O–H groups in total. The van der Waals surface area contributed by atoms with Gasteiger partial charge in [-0.1, -0.05) is 40.0 Å². The number of aliphatic hydroxyl groups is 2. The van der Waals surface area contributed by atoms with Crippen LogP contribution in [-0.4, -0.2) is 48.1 Å². The molecule has 5 unspecified atom stereocenters. The Balaban J connectivity index is 3.39. The first-order valence-electron chi connectivity index (χ1n) is 8.61. The van der Waals surface area contributed by atoms with E-state index in [-0.39, 0.29) is 18.1 Å². The van der Waals surface area contributed by atoms with Gasteiger partial charge in [0.2, 0.25) is 0 Å². The van der Waals surface area contributed by atoms with Crippen molar-refractivity contribution in [1.29, 1.82) is 0 Å². The van der Waals surface area contributed by atoms with Gasteiger partial charge in [0.05, 0.1) is 31.7 Å². The summed E-state index contributed by atoms with van der Waals surface area (Å²) in [5.74, 6) is -2.93. The summed E-state index contributed by atoms with van der Waals surface area (Å²) in [5.41, 5.74) is -0.256. The first-order valence-corrected chi connectivity index (χ1v) is 8.61. The second kappa shape index (κ2) is 8.64. The fourth-order valence-electron chi connectivity index (χ4n) is 3.62. The van der Waals surface area contributed by atoms with Crippen LogP contribution in [0.25, 0.3) is 0 Å². The van der Waals surface area contributed by atoms with Crippen LogP contribution >= 0.6 is 0 Å². The fourth-order valence-corrected chi connectivity index (χ4v) is 3.62. The maximum absolute atomic E-state index is 12.2. The quantitative estimate of drug-likeness (QED) is 0.407. The van der Waals surface area contributed by atoms with E-state index in [4.69, 9.17) is 9.47 Å². The predicted octanol–water partition coefficient (Wildman–Crippen LogP) is 2.02. The van der Waals surface area contributed by atoms with Crippen molar-refractivity contribution in [2.24, 2.45) is 23.2 Å². The summed E-state index contributed by atoms with van der Waals surface area (Å²) in [7, 11) is 1.22. The van der Waals surface area contributed by atoms with Crippen LogP contribution in [0.4, 0.5) is 0 Å². The lowest BCUT2D eigenvalue weighted by molar-refractivity contribution is -0.168. The molecule has 0 bridgehead atoms. The molecule has 146 valence electrons. The lowest BCUT2D eigenvalue weighted by Crippen LogP contribution is -2.54. The highest BCUT2D eigenvalue weighted by Crippen LogP contribution is 2.50. The molecule has 1 aliphatic carbocycles. The third-order valence-corrected chi connectivity index (χ3v) is 5.16. The molecule has 26 heavy (non-hydrogen) atoms. The second-order valence-corrected chi connectivity index (χ2v) is 7.37. The molecule has 0 heterocycles. The van der Waals surface area contributed by atoms with Crippen molar-refractivity contribution in [3.05, 3.63) is 37.0 Å². The lowest BCUT2D eigenvalue weighted by atomic mass is 9.58. The van der Waals surface area contributed by atoms with E-state index in [9.17, 15) is 19.8 Å². The molecule has 0 aromatic heterocycles. The third kappa shape index (κ3) is 4.24. The number of allylic oxidation sites excluding steroid dienone is 1. The number of carbonyl (C=O) groups is 2. The number of esters is 2. The Morgan fingerprint density at radius 3 is 2.35 bits per heavy atom. The zero-order chi connectivity index (χ0) is 20.2. The van der Waals surface area contributed by atoms with E-state index in [0.29, 0.717) is 12.0 Å². The number of rotatable bonds is 7. The molecule has 0 aliphatic heterocycles. The predicted molar refractivity (Wildman–Crippen MR) is 98.0 cm³/mol. The van der Waals surface area contributed by atoms with Crippen LogP contribution in [0, 0.1) is 23.2 Å². The van der Waals surface area contributed by atoms with Gasteiger partial charge in [0.15, 0.2) is 0 Å². The van der Waals surface area contributed by atoms with Gasteiger partial charge in [-0.15, -0.1) is 6.58 Å². The van der Waals surface area contributed by atoms with Gasteiger partial charge >= 0.3 is 11.9 Å². The summed E-state index contributed by atoms with van der Waals surface area (Å²) in [6.45, 7) is 16.4. The van der Waals surface area contributed by atoms with E-state index in [2.05, 4.69) is 19.7 Å². The maximum atomic E-state index is 12.2. The molecule has 1 saturated carbocycles. The molecule has 5 atom stereocenters. The first-order chi connectivity index (χ1) is 12.0. The Labute approximate surface area is 155 Å². The molecule has 0 aromatic rings. The molecule has 6 heteroatoms. The van der Waals surface area contributed by atoms with Crippen molar-refractivity contribution < 1.29 is 29.3 Å². The Morgan fingerprint density at radius 1 is 1.35 bits per heavy atom. The number of hydrogen-bond donors (Lipinski definition) is 2. The number of ether oxygens (including phenoxy) is 2. The number of hydrogen-bond acceptors (Lipinski definition) is 6. The van der Waals surface area contributed by atoms with Crippen molar-refractivity contribution >= 4 is 11.9 Å². The SMILES string of the molecule is C=CC1(C)CC(OC(=O)C(C)C)C(C(=C)C(=O)OC)C(O)C1C(=C)CO. The van der Waals surface area contributed by atoms with Crippen LogP contribution in [0.1, 0.15) is 27.2 Å². The molecule has 1 rings (SSSR count). The molecule has 6 nitrogen and oxygen atoms in total. The van der Waals surface area contributed by atoms with Crippen molar-refractivity contribution in [3.63, 3.8) is 0 Å². The van der Waals surface area contributed by atoms with E-state index in [1.807, 2.05) is 6.92 Å².